The Bertz CT molecular complexity index is 398. The molecule has 1 rings (SSSR count). The van der Waals surface area contributed by atoms with Crippen LogP contribution in [-0.4, -0.2) is 55.8 Å². The molecule has 1 fully saturated rings. The average molecular weight is 332 g/mol. The molecule has 2 atom stereocenters. The summed E-state index contributed by atoms with van der Waals surface area (Å²) in [6.07, 6.45) is -0.439. The molecule has 0 aromatic rings. The molecule has 1 aliphatic heterocycles. The topological polar surface area (TPSA) is 59.0 Å². The fourth-order valence-corrected chi connectivity index (χ4v) is 3.56. The quantitative estimate of drug-likeness (QED) is 0.807. The third kappa shape index (κ3) is 4.96. The summed E-state index contributed by atoms with van der Waals surface area (Å²) in [4.78, 5) is 13.9. The maximum atomic E-state index is 12.2. The number of likely N-dealkylation sites (tertiary alicyclic amines) is 1. The Hall–Kier alpha value is -0.593. The van der Waals surface area contributed by atoms with E-state index in [1.165, 1.54) is 0 Å². The average Bonchev–Trinajstić information content (AvgIpc) is 2.67. The molecule has 22 heavy (non-hydrogen) atoms. The van der Waals surface area contributed by atoms with Gasteiger partial charge in [0.1, 0.15) is 5.60 Å². The van der Waals surface area contributed by atoms with Crippen LogP contribution in [0.3, 0.4) is 0 Å². The van der Waals surface area contributed by atoms with Gasteiger partial charge in [-0.3, -0.25) is 0 Å². The molecule has 0 bridgehead atoms. The molecular formula is C16H33NO4Si. The maximum absolute atomic E-state index is 12.2. The predicted molar refractivity (Wildman–Crippen MR) is 90.5 cm³/mol. The van der Waals surface area contributed by atoms with Crippen molar-refractivity contribution < 1.29 is 19.1 Å². The third-order valence-corrected chi connectivity index (χ3v) is 9.02. The van der Waals surface area contributed by atoms with Gasteiger partial charge in [-0.1, -0.05) is 20.8 Å². The first-order valence-electron chi connectivity index (χ1n) is 8.03. The van der Waals surface area contributed by atoms with E-state index in [0.717, 1.165) is 0 Å². The van der Waals surface area contributed by atoms with Gasteiger partial charge in [-0.05, 0) is 38.9 Å². The number of hydrogen-bond acceptors (Lipinski definition) is 4. The van der Waals surface area contributed by atoms with Gasteiger partial charge < -0.3 is 19.2 Å². The summed E-state index contributed by atoms with van der Waals surface area (Å²) in [5, 5.41) is 9.73. The van der Waals surface area contributed by atoms with Crippen molar-refractivity contribution in [3.8, 4) is 0 Å². The second kappa shape index (κ2) is 6.49. The van der Waals surface area contributed by atoms with E-state index in [0.29, 0.717) is 13.1 Å². The molecule has 1 N–H and O–H groups in total. The van der Waals surface area contributed by atoms with E-state index >= 15 is 0 Å². The molecule has 1 heterocycles. The van der Waals surface area contributed by atoms with E-state index in [-0.39, 0.29) is 29.8 Å². The lowest BCUT2D eigenvalue weighted by Crippen LogP contribution is -2.46. The summed E-state index contributed by atoms with van der Waals surface area (Å²) < 4.78 is 11.8. The summed E-state index contributed by atoms with van der Waals surface area (Å²) in [5.41, 5.74) is -0.510. The van der Waals surface area contributed by atoms with Gasteiger partial charge in [-0.15, -0.1) is 0 Å². The molecule has 1 aliphatic rings. The van der Waals surface area contributed by atoms with Crippen molar-refractivity contribution in [1.82, 2.24) is 4.90 Å². The van der Waals surface area contributed by atoms with Gasteiger partial charge in [0.2, 0.25) is 0 Å². The van der Waals surface area contributed by atoms with Crippen LogP contribution in [0.1, 0.15) is 41.5 Å². The largest absolute Gasteiger partial charge is 0.444 e. The summed E-state index contributed by atoms with van der Waals surface area (Å²) in [5.74, 6) is -0.0401. The van der Waals surface area contributed by atoms with Crippen molar-refractivity contribution in [3.05, 3.63) is 0 Å². The number of nitrogens with zero attached hydrogens (tertiary/aromatic N) is 1. The van der Waals surface area contributed by atoms with Gasteiger partial charge in [0.25, 0.3) is 0 Å². The zero-order valence-corrected chi connectivity index (χ0v) is 16.4. The monoisotopic (exact) mass is 331 g/mol. The van der Waals surface area contributed by atoms with Gasteiger partial charge >= 0.3 is 6.09 Å². The number of carbonyl (C=O) groups is 1. The Balaban J connectivity index is 2.76. The molecular weight excluding hydrogens is 298 g/mol. The van der Waals surface area contributed by atoms with Crippen molar-refractivity contribution in [2.24, 2.45) is 5.92 Å². The lowest BCUT2D eigenvalue weighted by atomic mass is 10.1. The maximum Gasteiger partial charge on any atom is 0.410 e. The van der Waals surface area contributed by atoms with Gasteiger partial charge in [0.15, 0.2) is 8.32 Å². The Morgan fingerprint density at radius 2 is 1.73 bits per heavy atom. The number of aliphatic hydroxyl groups excluding tert-OH is 1. The first-order valence-corrected chi connectivity index (χ1v) is 10.9. The van der Waals surface area contributed by atoms with Crippen molar-refractivity contribution >= 4 is 14.4 Å². The predicted octanol–water partition coefficient (Wildman–Crippen LogP) is 3.24. The highest BCUT2D eigenvalue weighted by Crippen LogP contribution is 2.39. The van der Waals surface area contributed by atoms with Crippen LogP contribution in [0.4, 0.5) is 4.79 Å². The number of ether oxygens (including phenoxy) is 1. The van der Waals surface area contributed by atoms with Crippen molar-refractivity contribution in [2.75, 3.05) is 19.7 Å². The standard InChI is InChI=1S/C16H33NO4Si/c1-15(2,3)20-14(19)17-9-12(11-18)13(10-17)21-22(7,8)16(4,5)6/h12-13,18H,9-11H2,1-8H3/t12-,13?/m1/s1. The molecule has 0 saturated carbocycles. The lowest BCUT2D eigenvalue weighted by molar-refractivity contribution is 0.0272. The number of aliphatic hydroxyl groups is 1. The number of rotatable bonds is 3. The lowest BCUT2D eigenvalue weighted by Gasteiger charge is -2.39. The molecule has 0 aromatic heterocycles. The fraction of sp³-hybridized carbons (Fsp3) is 0.938. The van der Waals surface area contributed by atoms with Crippen molar-refractivity contribution in [3.63, 3.8) is 0 Å². The van der Waals surface area contributed by atoms with Crippen molar-refractivity contribution in [2.45, 2.75) is 71.4 Å². The summed E-state index contributed by atoms with van der Waals surface area (Å²) in [6, 6.07) is 0. The minimum Gasteiger partial charge on any atom is -0.444 e. The molecule has 1 saturated heterocycles. The second-order valence-electron chi connectivity index (χ2n) is 8.74. The highest BCUT2D eigenvalue weighted by atomic mass is 28.4. The summed E-state index contributed by atoms with van der Waals surface area (Å²) >= 11 is 0. The van der Waals surface area contributed by atoms with E-state index in [1.807, 2.05) is 20.8 Å². The van der Waals surface area contributed by atoms with Crippen LogP contribution in [-0.2, 0) is 9.16 Å². The van der Waals surface area contributed by atoms with E-state index < -0.39 is 13.9 Å². The van der Waals surface area contributed by atoms with Crippen LogP contribution in [0.15, 0.2) is 0 Å². The molecule has 0 aromatic carbocycles. The van der Waals surface area contributed by atoms with Crippen LogP contribution in [0.25, 0.3) is 0 Å². The first-order chi connectivity index (χ1) is 9.77. The van der Waals surface area contributed by atoms with E-state index in [2.05, 4.69) is 33.9 Å². The SMILES string of the molecule is CC(C)(C)OC(=O)N1CC(O[Si](C)(C)C(C)(C)C)[C@@H](CO)C1. The molecule has 1 amide bonds. The molecule has 6 heteroatoms. The molecule has 5 nitrogen and oxygen atoms in total. The van der Waals surface area contributed by atoms with Crippen LogP contribution >= 0.6 is 0 Å². The van der Waals surface area contributed by atoms with Crippen LogP contribution in [0, 0.1) is 5.92 Å². The molecule has 0 aliphatic carbocycles. The summed E-state index contributed by atoms with van der Waals surface area (Å²) in [7, 11) is -1.93. The van der Waals surface area contributed by atoms with Gasteiger partial charge in [0, 0.05) is 19.0 Å². The first kappa shape index (κ1) is 19.5. The van der Waals surface area contributed by atoms with Crippen molar-refractivity contribution in [1.29, 1.82) is 0 Å². The highest BCUT2D eigenvalue weighted by molar-refractivity contribution is 6.74. The van der Waals surface area contributed by atoms with Crippen LogP contribution in [0.5, 0.6) is 0 Å². The van der Waals surface area contributed by atoms with Gasteiger partial charge in [0.05, 0.1) is 12.7 Å². The number of carbonyl (C=O) groups excluding carboxylic acids is 1. The van der Waals surface area contributed by atoms with E-state index in [1.54, 1.807) is 4.90 Å². The fourth-order valence-electron chi connectivity index (χ4n) is 2.18. The smallest absolute Gasteiger partial charge is 0.410 e. The Kier molecular flexibility index (Phi) is 5.74. The van der Waals surface area contributed by atoms with Crippen LogP contribution < -0.4 is 0 Å². The molecule has 0 radical (unpaired) electrons. The van der Waals surface area contributed by atoms with Gasteiger partial charge in [-0.2, -0.15) is 0 Å². The minimum atomic E-state index is -1.93. The zero-order valence-electron chi connectivity index (χ0n) is 15.4. The summed E-state index contributed by atoms with van der Waals surface area (Å²) in [6.45, 7) is 17.5. The molecule has 130 valence electrons. The third-order valence-electron chi connectivity index (χ3n) is 4.52. The zero-order chi connectivity index (χ0) is 17.3. The molecule has 1 unspecified atom stereocenters. The Morgan fingerprint density at radius 1 is 1.18 bits per heavy atom. The number of hydrogen-bond donors (Lipinski definition) is 1. The highest BCUT2D eigenvalue weighted by Gasteiger charge is 2.44. The normalized spacial score (nSPS) is 23.8. The minimum absolute atomic E-state index is 0.0264. The number of amides is 1. The Morgan fingerprint density at radius 3 is 2.14 bits per heavy atom. The van der Waals surface area contributed by atoms with Crippen LogP contribution in [0.2, 0.25) is 18.1 Å². The van der Waals surface area contributed by atoms with Gasteiger partial charge in [-0.25, -0.2) is 4.79 Å². The second-order valence-corrected chi connectivity index (χ2v) is 13.5. The van der Waals surface area contributed by atoms with E-state index in [9.17, 15) is 9.90 Å². The van der Waals surface area contributed by atoms with E-state index in [4.69, 9.17) is 9.16 Å². The molecule has 0 spiro atoms. The Labute approximate surface area is 136 Å².